The summed E-state index contributed by atoms with van der Waals surface area (Å²) in [6, 6.07) is 28.0. The predicted molar refractivity (Wildman–Crippen MR) is 111 cm³/mol. The molecule has 0 bridgehead atoms. The maximum absolute atomic E-state index is 4.64. The molecule has 1 heterocycles. The summed E-state index contributed by atoms with van der Waals surface area (Å²) in [5.74, 6) is 0. The maximum Gasteiger partial charge on any atom is 0.0708 e. The van der Waals surface area contributed by atoms with Crippen LogP contribution in [0.5, 0.6) is 0 Å². The van der Waals surface area contributed by atoms with E-state index in [1.165, 1.54) is 33.0 Å². The lowest BCUT2D eigenvalue weighted by atomic mass is 9.86. The molecule has 0 N–H and O–H groups in total. The minimum atomic E-state index is 0.128. The molecule has 0 unspecified atom stereocenters. The van der Waals surface area contributed by atoms with Crippen molar-refractivity contribution in [1.82, 2.24) is 4.98 Å². The van der Waals surface area contributed by atoms with E-state index in [0.29, 0.717) is 0 Å². The molecule has 4 aromatic rings. The van der Waals surface area contributed by atoms with Gasteiger partial charge in [-0.15, -0.1) is 0 Å². The van der Waals surface area contributed by atoms with E-state index < -0.39 is 0 Å². The van der Waals surface area contributed by atoms with Gasteiger partial charge in [0.15, 0.2) is 0 Å². The molecule has 0 atom stereocenters. The van der Waals surface area contributed by atoms with E-state index in [0.717, 1.165) is 5.69 Å². The molecule has 0 aliphatic rings. The second kappa shape index (κ2) is 6.42. The molecule has 0 amide bonds. The average Bonchev–Trinajstić information content (AvgIpc) is 2.67. The molecule has 0 saturated heterocycles. The summed E-state index contributed by atoms with van der Waals surface area (Å²) in [4.78, 5) is 4.64. The number of pyridine rings is 1. The van der Waals surface area contributed by atoms with Crippen LogP contribution in [-0.4, -0.2) is 4.98 Å². The van der Waals surface area contributed by atoms with Crippen molar-refractivity contribution in [3.63, 3.8) is 0 Å². The zero-order chi connectivity index (χ0) is 18.1. The first-order chi connectivity index (χ1) is 12.5. The molecule has 1 heteroatoms. The first-order valence-electron chi connectivity index (χ1n) is 9.07. The molecule has 1 nitrogen and oxygen atoms in total. The largest absolute Gasteiger partial charge is 0.256 e. The number of benzene rings is 3. The van der Waals surface area contributed by atoms with Crippen molar-refractivity contribution >= 4 is 10.8 Å². The van der Waals surface area contributed by atoms with Crippen LogP contribution in [0.25, 0.3) is 33.2 Å². The monoisotopic (exact) mass is 337 g/mol. The Labute approximate surface area is 155 Å². The topological polar surface area (TPSA) is 12.9 Å². The van der Waals surface area contributed by atoms with Gasteiger partial charge in [-0.2, -0.15) is 0 Å². The standard InChI is InChI=1S/C25H23N/c1-25(2,3)21-11-6-10-20(16-21)24-17-19(14-15-26-24)23-13-7-9-18-8-4-5-12-22(18)23/h4-17H,1-3H3. The zero-order valence-electron chi connectivity index (χ0n) is 15.5. The van der Waals surface area contributed by atoms with Crippen LogP contribution in [0, 0.1) is 0 Å². The van der Waals surface area contributed by atoms with E-state index in [9.17, 15) is 0 Å². The minimum Gasteiger partial charge on any atom is -0.256 e. The highest BCUT2D eigenvalue weighted by molar-refractivity contribution is 5.97. The van der Waals surface area contributed by atoms with Gasteiger partial charge < -0.3 is 0 Å². The van der Waals surface area contributed by atoms with Gasteiger partial charge in [0.1, 0.15) is 0 Å². The first kappa shape index (κ1) is 16.5. The van der Waals surface area contributed by atoms with E-state index in [1.807, 2.05) is 6.20 Å². The predicted octanol–water partition coefficient (Wildman–Crippen LogP) is 6.87. The van der Waals surface area contributed by atoms with Crippen LogP contribution in [0.1, 0.15) is 26.3 Å². The molecule has 0 radical (unpaired) electrons. The van der Waals surface area contributed by atoms with E-state index in [4.69, 9.17) is 0 Å². The van der Waals surface area contributed by atoms with E-state index >= 15 is 0 Å². The molecule has 0 aliphatic carbocycles. The Morgan fingerprint density at radius 3 is 2.31 bits per heavy atom. The van der Waals surface area contributed by atoms with Gasteiger partial charge in [0.2, 0.25) is 0 Å². The van der Waals surface area contributed by atoms with E-state index in [2.05, 4.69) is 105 Å². The van der Waals surface area contributed by atoms with Crippen molar-refractivity contribution in [2.24, 2.45) is 0 Å². The molecule has 3 aromatic carbocycles. The molecule has 26 heavy (non-hydrogen) atoms. The van der Waals surface area contributed by atoms with Crippen LogP contribution in [0.15, 0.2) is 85.1 Å². The van der Waals surface area contributed by atoms with Crippen molar-refractivity contribution in [3.8, 4) is 22.4 Å². The quantitative estimate of drug-likeness (QED) is 0.389. The zero-order valence-corrected chi connectivity index (χ0v) is 15.5. The molecule has 0 saturated carbocycles. The van der Waals surface area contributed by atoms with Crippen LogP contribution in [0.2, 0.25) is 0 Å². The third-order valence-corrected chi connectivity index (χ3v) is 4.88. The molecule has 0 fully saturated rings. The Kier molecular flexibility index (Phi) is 4.08. The minimum absolute atomic E-state index is 0.128. The number of nitrogens with zero attached hydrogens (tertiary/aromatic N) is 1. The summed E-state index contributed by atoms with van der Waals surface area (Å²) >= 11 is 0. The van der Waals surface area contributed by atoms with Crippen molar-refractivity contribution in [1.29, 1.82) is 0 Å². The SMILES string of the molecule is CC(C)(C)c1cccc(-c2cc(-c3cccc4ccccc34)ccn2)c1. The van der Waals surface area contributed by atoms with Gasteiger partial charge in [-0.3, -0.25) is 4.98 Å². The number of aromatic nitrogens is 1. The van der Waals surface area contributed by atoms with Crippen molar-refractivity contribution in [3.05, 3.63) is 90.6 Å². The summed E-state index contributed by atoms with van der Waals surface area (Å²) in [5.41, 5.74) is 6.09. The first-order valence-corrected chi connectivity index (χ1v) is 9.07. The highest BCUT2D eigenvalue weighted by Crippen LogP contribution is 2.32. The Morgan fingerprint density at radius 2 is 1.46 bits per heavy atom. The van der Waals surface area contributed by atoms with Gasteiger partial charge >= 0.3 is 0 Å². The van der Waals surface area contributed by atoms with Gasteiger partial charge in [-0.05, 0) is 51.1 Å². The Bertz CT molecular complexity index is 1070. The summed E-state index contributed by atoms with van der Waals surface area (Å²) in [6.07, 6.45) is 1.91. The van der Waals surface area contributed by atoms with E-state index in [1.54, 1.807) is 0 Å². The lowest BCUT2D eigenvalue weighted by Gasteiger charge is -2.19. The van der Waals surface area contributed by atoms with Crippen LogP contribution in [-0.2, 0) is 5.41 Å². The lowest BCUT2D eigenvalue weighted by Crippen LogP contribution is -2.10. The molecule has 0 aliphatic heterocycles. The lowest BCUT2D eigenvalue weighted by molar-refractivity contribution is 0.590. The fraction of sp³-hybridized carbons (Fsp3) is 0.160. The summed E-state index contributed by atoms with van der Waals surface area (Å²) in [7, 11) is 0. The van der Waals surface area contributed by atoms with Crippen molar-refractivity contribution < 1.29 is 0 Å². The van der Waals surface area contributed by atoms with Crippen LogP contribution >= 0.6 is 0 Å². The fourth-order valence-electron chi connectivity index (χ4n) is 3.38. The van der Waals surface area contributed by atoms with Crippen molar-refractivity contribution in [2.75, 3.05) is 0 Å². The Morgan fingerprint density at radius 1 is 0.692 bits per heavy atom. The molecule has 1 aromatic heterocycles. The number of hydrogen-bond acceptors (Lipinski definition) is 1. The summed E-state index contributed by atoms with van der Waals surface area (Å²) in [6.45, 7) is 6.73. The second-order valence-corrected chi connectivity index (χ2v) is 7.79. The maximum atomic E-state index is 4.64. The van der Waals surface area contributed by atoms with Crippen LogP contribution < -0.4 is 0 Å². The van der Waals surface area contributed by atoms with Crippen molar-refractivity contribution in [2.45, 2.75) is 26.2 Å². The van der Waals surface area contributed by atoms with E-state index in [-0.39, 0.29) is 5.41 Å². The van der Waals surface area contributed by atoms with Crippen LogP contribution in [0.3, 0.4) is 0 Å². The highest BCUT2D eigenvalue weighted by atomic mass is 14.7. The van der Waals surface area contributed by atoms with Gasteiger partial charge in [0.05, 0.1) is 5.69 Å². The third-order valence-electron chi connectivity index (χ3n) is 4.88. The number of fused-ring (bicyclic) bond motifs is 1. The van der Waals surface area contributed by atoms with Gasteiger partial charge in [-0.25, -0.2) is 0 Å². The van der Waals surface area contributed by atoms with Crippen LogP contribution in [0.4, 0.5) is 0 Å². The Balaban J connectivity index is 1.83. The molecule has 0 spiro atoms. The van der Waals surface area contributed by atoms with Gasteiger partial charge in [0, 0.05) is 11.8 Å². The number of hydrogen-bond donors (Lipinski definition) is 0. The fourth-order valence-corrected chi connectivity index (χ4v) is 3.38. The smallest absolute Gasteiger partial charge is 0.0708 e. The molecule has 4 rings (SSSR count). The normalized spacial score (nSPS) is 11.7. The van der Waals surface area contributed by atoms with Gasteiger partial charge in [-0.1, -0.05) is 81.4 Å². The molecule has 128 valence electrons. The number of rotatable bonds is 2. The average molecular weight is 337 g/mol. The second-order valence-electron chi connectivity index (χ2n) is 7.79. The molecular formula is C25H23N. The molecular weight excluding hydrogens is 314 g/mol. The highest BCUT2D eigenvalue weighted by Gasteiger charge is 2.14. The van der Waals surface area contributed by atoms with Gasteiger partial charge in [0.25, 0.3) is 0 Å². The Hall–Kier alpha value is -2.93. The summed E-state index contributed by atoms with van der Waals surface area (Å²) in [5, 5.41) is 2.54. The third kappa shape index (κ3) is 3.13. The summed E-state index contributed by atoms with van der Waals surface area (Å²) < 4.78 is 0.